The lowest BCUT2D eigenvalue weighted by atomic mass is 10.1. The van der Waals surface area contributed by atoms with Crippen LogP contribution in [0.3, 0.4) is 0 Å². The third-order valence-electron chi connectivity index (χ3n) is 5.43. The van der Waals surface area contributed by atoms with Gasteiger partial charge in [0.05, 0.1) is 11.1 Å². The van der Waals surface area contributed by atoms with Crippen LogP contribution in [0.15, 0.2) is 65.5 Å². The number of hydrogen-bond donors (Lipinski definition) is 1. The first-order valence-electron chi connectivity index (χ1n) is 9.88. The maximum Gasteiger partial charge on any atom is 0.256 e. The number of aromatic amines is 1. The van der Waals surface area contributed by atoms with Crippen LogP contribution in [0.1, 0.15) is 22.3 Å². The van der Waals surface area contributed by atoms with E-state index in [4.69, 9.17) is 0 Å². The van der Waals surface area contributed by atoms with Crippen LogP contribution in [0.2, 0.25) is 0 Å². The third-order valence-corrected chi connectivity index (χ3v) is 5.43. The van der Waals surface area contributed by atoms with E-state index in [1.807, 2.05) is 23.1 Å². The van der Waals surface area contributed by atoms with Crippen LogP contribution >= 0.6 is 0 Å². The van der Waals surface area contributed by atoms with Crippen molar-refractivity contribution in [2.45, 2.75) is 12.8 Å². The summed E-state index contributed by atoms with van der Waals surface area (Å²) in [7, 11) is 0. The summed E-state index contributed by atoms with van der Waals surface area (Å²) in [6.45, 7) is 4.28. The monoisotopic (exact) mass is 375 g/mol. The Morgan fingerprint density at radius 2 is 1.68 bits per heavy atom. The number of piperazine rings is 1. The molecule has 2 aromatic carbocycles. The molecule has 1 aromatic heterocycles. The summed E-state index contributed by atoms with van der Waals surface area (Å²) >= 11 is 0. The molecule has 0 bridgehead atoms. The zero-order valence-corrected chi connectivity index (χ0v) is 15.9. The molecule has 28 heavy (non-hydrogen) atoms. The lowest BCUT2D eigenvalue weighted by molar-refractivity contribution is 0.0638. The summed E-state index contributed by atoms with van der Waals surface area (Å²) in [6, 6.07) is 19.4. The SMILES string of the molecule is O=C(c1cccc2ccc(=O)[nH]c12)N1CCN(CCCc2ccccc2)CC1. The van der Waals surface area contributed by atoms with Gasteiger partial charge in [0, 0.05) is 32.2 Å². The van der Waals surface area contributed by atoms with Crippen molar-refractivity contribution in [3.8, 4) is 0 Å². The Morgan fingerprint density at radius 3 is 2.46 bits per heavy atom. The van der Waals surface area contributed by atoms with Gasteiger partial charge in [0.2, 0.25) is 5.56 Å². The molecule has 1 amide bonds. The molecule has 0 atom stereocenters. The van der Waals surface area contributed by atoms with E-state index in [0.29, 0.717) is 11.1 Å². The van der Waals surface area contributed by atoms with Gasteiger partial charge in [-0.05, 0) is 42.5 Å². The second-order valence-corrected chi connectivity index (χ2v) is 7.32. The summed E-state index contributed by atoms with van der Waals surface area (Å²) in [5, 5.41) is 0.880. The molecule has 144 valence electrons. The van der Waals surface area contributed by atoms with Crippen molar-refractivity contribution < 1.29 is 4.79 Å². The summed E-state index contributed by atoms with van der Waals surface area (Å²) in [5.74, 6) is -0.00335. The van der Waals surface area contributed by atoms with Crippen molar-refractivity contribution in [3.05, 3.63) is 82.1 Å². The average molecular weight is 375 g/mol. The standard InChI is InChI=1S/C23H25N3O2/c27-21-12-11-19-9-4-10-20(22(19)24-21)23(28)26-16-14-25(15-17-26)13-5-8-18-6-2-1-3-7-18/h1-4,6-7,9-12H,5,8,13-17H2,(H,24,27). The van der Waals surface area contributed by atoms with Crippen LogP contribution in [-0.2, 0) is 6.42 Å². The molecule has 1 fully saturated rings. The molecule has 4 rings (SSSR count). The van der Waals surface area contributed by atoms with Crippen molar-refractivity contribution in [2.75, 3.05) is 32.7 Å². The number of rotatable bonds is 5. The Kier molecular flexibility index (Phi) is 5.53. The van der Waals surface area contributed by atoms with Crippen molar-refractivity contribution in [1.82, 2.24) is 14.8 Å². The summed E-state index contributed by atoms with van der Waals surface area (Å²) in [6.07, 6.45) is 2.21. The molecule has 5 nitrogen and oxygen atoms in total. The first-order chi connectivity index (χ1) is 13.7. The lowest BCUT2D eigenvalue weighted by Gasteiger charge is -2.35. The van der Waals surface area contributed by atoms with Gasteiger partial charge >= 0.3 is 0 Å². The zero-order valence-electron chi connectivity index (χ0n) is 15.9. The van der Waals surface area contributed by atoms with Crippen LogP contribution < -0.4 is 5.56 Å². The highest BCUT2D eigenvalue weighted by atomic mass is 16.2. The van der Waals surface area contributed by atoms with Gasteiger partial charge < -0.3 is 9.88 Å². The van der Waals surface area contributed by atoms with E-state index in [1.54, 1.807) is 12.1 Å². The highest BCUT2D eigenvalue weighted by molar-refractivity contribution is 6.05. The predicted molar refractivity (Wildman–Crippen MR) is 112 cm³/mol. The van der Waals surface area contributed by atoms with Gasteiger partial charge in [-0.1, -0.05) is 42.5 Å². The van der Waals surface area contributed by atoms with Gasteiger partial charge in [0.15, 0.2) is 0 Å². The van der Waals surface area contributed by atoms with E-state index in [0.717, 1.165) is 51.0 Å². The molecule has 0 spiro atoms. The fourth-order valence-corrected chi connectivity index (χ4v) is 3.85. The van der Waals surface area contributed by atoms with Crippen LogP contribution in [0.25, 0.3) is 10.9 Å². The molecule has 0 aliphatic carbocycles. The number of amides is 1. The number of H-pyrrole nitrogens is 1. The van der Waals surface area contributed by atoms with Crippen LogP contribution in [-0.4, -0.2) is 53.4 Å². The van der Waals surface area contributed by atoms with E-state index in [1.165, 1.54) is 11.6 Å². The minimum Gasteiger partial charge on any atom is -0.336 e. The number of nitrogens with zero attached hydrogens (tertiary/aromatic N) is 2. The minimum absolute atomic E-state index is 0.00335. The summed E-state index contributed by atoms with van der Waals surface area (Å²) in [4.78, 5) is 31.9. The molecule has 1 aliphatic heterocycles. The number of carbonyl (C=O) groups excluding carboxylic acids is 1. The molecule has 5 heteroatoms. The highest BCUT2D eigenvalue weighted by Crippen LogP contribution is 2.18. The van der Waals surface area contributed by atoms with Crippen LogP contribution in [0.4, 0.5) is 0 Å². The van der Waals surface area contributed by atoms with Gasteiger partial charge in [0.1, 0.15) is 0 Å². The number of nitrogens with one attached hydrogen (secondary N) is 1. The summed E-state index contributed by atoms with van der Waals surface area (Å²) < 4.78 is 0. The molecule has 3 aromatic rings. The number of benzene rings is 2. The van der Waals surface area contributed by atoms with Crippen molar-refractivity contribution in [2.24, 2.45) is 0 Å². The molecule has 1 N–H and O–H groups in total. The lowest BCUT2D eigenvalue weighted by Crippen LogP contribution is -2.49. The molecular formula is C23H25N3O2. The van der Waals surface area contributed by atoms with Crippen molar-refractivity contribution in [3.63, 3.8) is 0 Å². The second kappa shape index (κ2) is 8.40. The molecule has 2 heterocycles. The van der Waals surface area contributed by atoms with Gasteiger partial charge in [-0.2, -0.15) is 0 Å². The Hall–Kier alpha value is -2.92. The number of fused-ring (bicyclic) bond motifs is 1. The Balaban J connectivity index is 1.34. The Bertz CT molecular complexity index is 1010. The topological polar surface area (TPSA) is 56.4 Å². The third kappa shape index (κ3) is 4.15. The molecule has 0 saturated carbocycles. The number of hydrogen-bond acceptors (Lipinski definition) is 3. The largest absolute Gasteiger partial charge is 0.336 e. The molecular weight excluding hydrogens is 350 g/mol. The maximum absolute atomic E-state index is 13.0. The second-order valence-electron chi connectivity index (χ2n) is 7.32. The van der Waals surface area contributed by atoms with E-state index < -0.39 is 0 Å². The first-order valence-corrected chi connectivity index (χ1v) is 9.88. The smallest absolute Gasteiger partial charge is 0.256 e. The van der Waals surface area contributed by atoms with Gasteiger partial charge in [-0.15, -0.1) is 0 Å². The number of para-hydroxylation sites is 1. The number of pyridine rings is 1. The molecule has 1 saturated heterocycles. The van der Waals surface area contributed by atoms with E-state index in [-0.39, 0.29) is 11.5 Å². The Labute approximate surface area is 164 Å². The first kappa shape index (κ1) is 18.4. The van der Waals surface area contributed by atoms with Crippen LogP contribution in [0, 0.1) is 0 Å². The number of aromatic nitrogens is 1. The summed E-state index contributed by atoms with van der Waals surface area (Å²) in [5.41, 5.74) is 2.40. The van der Waals surface area contributed by atoms with Crippen LogP contribution in [0.5, 0.6) is 0 Å². The number of aryl methyl sites for hydroxylation is 1. The fourth-order valence-electron chi connectivity index (χ4n) is 3.85. The van der Waals surface area contributed by atoms with Gasteiger partial charge in [0.25, 0.3) is 5.91 Å². The van der Waals surface area contributed by atoms with Crippen molar-refractivity contribution in [1.29, 1.82) is 0 Å². The van der Waals surface area contributed by atoms with Crippen molar-refractivity contribution >= 4 is 16.8 Å². The minimum atomic E-state index is -0.184. The van der Waals surface area contributed by atoms with Gasteiger partial charge in [-0.25, -0.2) is 0 Å². The normalized spacial score (nSPS) is 15.1. The van der Waals surface area contributed by atoms with E-state index in [9.17, 15) is 9.59 Å². The molecule has 1 aliphatic rings. The highest BCUT2D eigenvalue weighted by Gasteiger charge is 2.23. The van der Waals surface area contributed by atoms with E-state index >= 15 is 0 Å². The zero-order chi connectivity index (χ0) is 19.3. The van der Waals surface area contributed by atoms with E-state index in [2.05, 4.69) is 34.1 Å². The quantitative estimate of drug-likeness (QED) is 0.746. The predicted octanol–water partition coefficient (Wildman–Crippen LogP) is 2.92. The maximum atomic E-state index is 13.0. The fraction of sp³-hybridized carbons (Fsp3) is 0.304. The molecule has 0 radical (unpaired) electrons. The number of carbonyl (C=O) groups is 1. The molecule has 0 unspecified atom stereocenters. The Morgan fingerprint density at radius 1 is 0.893 bits per heavy atom. The average Bonchev–Trinajstić information content (AvgIpc) is 2.74. The van der Waals surface area contributed by atoms with Gasteiger partial charge in [-0.3, -0.25) is 14.5 Å².